The fourth-order valence-electron chi connectivity index (χ4n) is 2.11. The van der Waals surface area contributed by atoms with E-state index in [1.165, 1.54) is 7.11 Å². The van der Waals surface area contributed by atoms with Gasteiger partial charge in [-0.15, -0.1) is 0 Å². The van der Waals surface area contributed by atoms with Crippen LogP contribution in [0.15, 0.2) is 18.2 Å². The Labute approximate surface area is 111 Å². The standard InChI is InChI=1S/C12H16ClN3O2/c1-18-12(17)15-9-4-5-16(7-9)11-6-8(13)2-3-10(11)14/h2-3,6,9H,4-5,7,14H2,1H3,(H,15,17). The van der Waals surface area contributed by atoms with Crippen LogP contribution < -0.4 is 16.0 Å². The predicted octanol–water partition coefficient (Wildman–Crippen LogP) is 1.86. The van der Waals surface area contributed by atoms with E-state index in [-0.39, 0.29) is 6.04 Å². The fourth-order valence-corrected chi connectivity index (χ4v) is 2.28. The minimum Gasteiger partial charge on any atom is -0.453 e. The molecule has 2 rings (SSSR count). The Bertz CT molecular complexity index is 453. The van der Waals surface area contributed by atoms with Crippen LogP contribution >= 0.6 is 11.6 Å². The molecule has 1 amide bonds. The van der Waals surface area contributed by atoms with E-state index in [9.17, 15) is 4.79 Å². The second-order valence-electron chi connectivity index (χ2n) is 4.27. The van der Waals surface area contributed by atoms with Gasteiger partial charge >= 0.3 is 6.09 Å². The molecule has 1 unspecified atom stereocenters. The van der Waals surface area contributed by atoms with Gasteiger partial charge < -0.3 is 20.7 Å². The molecule has 6 heteroatoms. The van der Waals surface area contributed by atoms with Crippen LogP contribution in [0.4, 0.5) is 16.2 Å². The number of amides is 1. The lowest BCUT2D eigenvalue weighted by molar-refractivity contribution is 0.167. The number of carbonyl (C=O) groups is 1. The normalized spacial score (nSPS) is 18.8. The molecule has 5 nitrogen and oxygen atoms in total. The molecule has 0 aliphatic carbocycles. The number of benzene rings is 1. The van der Waals surface area contributed by atoms with Crippen molar-refractivity contribution in [2.75, 3.05) is 30.8 Å². The van der Waals surface area contributed by atoms with Crippen LogP contribution in [0.3, 0.4) is 0 Å². The summed E-state index contributed by atoms with van der Waals surface area (Å²) < 4.78 is 4.58. The minimum absolute atomic E-state index is 0.0795. The van der Waals surface area contributed by atoms with Crippen LogP contribution in [-0.4, -0.2) is 32.3 Å². The van der Waals surface area contributed by atoms with Crippen molar-refractivity contribution >= 4 is 29.1 Å². The van der Waals surface area contributed by atoms with Crippen LogP contribution in [-0.2, 0) is 4.74 Å². The summed E-state index contributed by atoms with van der Waals surface area (Å²) in [4.78, 5) is 13.2. The monoisotopic (exact) mass is 269 g/mol. The summed E-state index contributed by atoms with van der Waals surface area (Å²) in [7, 11) is 1.36. The van der Waals surface area contributed by atoms with Crippen molar-refractivity contribution in [3.05, 3.63) is 23.2 Å². The highest BCUT2D eigenvalue weighted by Gasteiger charge is 2.25. The molecule has 18 heavy (non-hydrogen) atoms. The first-order chi connectivity index (χ1) is 8.60. The average Bonchev–Trinajstić information content (AvgIpc) is 2.80. The van der Waals surface area contributed by atoms with Crippen LogP contribution in [0.5, 0.6) is 0 Å². The molecule has 1 heterocycles. The lowest BCUT2D eigenvalue weighted by atomic mass is 10.2. The molecule has 0 saturated carbocycles. The van der Waals surface area contributed by atoms with Gasteiger partial charge in [0, 0.05) is 18.1 Å². The summed E-state index contributed by atoms with van der Waals surface area (Å²) in [6.45, 7) is 1.54. The summed E-state index contributed by atoms with van der Waals surface area (Å²) in [5.41, 5.74) is 7.54. The molecule has 0 spiro atoms. The molecule has 0 radical (unpaired) electrons. The van der Waals surface area contributed by atoms with Crippen LogP contribution in [0, 0.1) is 0 Å². The number of methoxy groups -OCH3 is 1. The van der Waals surface area contributed by atoms with Crippen molar-refractivity contribution in [2.45, 2.75) is 12.5 Å². The Morgan fingerprint density at radius 2 is 2.39 bits per heavy atom. The average molecular weight is 270 g/mol. The number of carbonyl (C=O) groups excluding carboxylic acids is 1. The number of ether oxygens (including phenoxy) is 1. The maximum absolute atomic E-state index is 11.1. The first kappa shape index (κ1) is 12.8. The Morgan fingerprint density at radius 1 is 1.61 bits per heavy atom. The quantitative estimate of drug-likeness (QED) is 0.804. The summed E-state index contributed by atoms with van der Waals surface area (Å²) in [5.74, 6) is 0. The van der Waals surface area contributed by atoms with Gasteiger partial charge in [0.2, 0.25) is 0 Å². The summed E-state index contributed by atoms with van der Waals surface area (Å²) in [6, 6.07) is 5.48. The smallest absolute Gasteiger partial charge is 0.407 e. The first-order valence-corrected chi connectivity index (χ1v) is 6.12. The van der Waals surface area contributed by atoms with Gasteiger partial charge in [0.25, 0.3) is 0 Å². The van der Waals surface area contributed by atoms with Gasteiger partial charge in [0.05, 0.1) is 24.5 Å². The molecule has 0 bridgehead atoms. The van der Waals surface area contributed by atoms with Gasteiger partial charge in [-0.25, -0.2) is 4.79 Å². The van der Waals surface area contributed by atoms with Crippen LogP contribution in [0.2, 0.25) is 5.02 Å². The van der Waals surface area contributed by atoms with E-state index in [2.05, 4.69) is 15.0 Å². The van der Waals surface area contributed by atoms with Gasteiger partial charge in [0.15, 0.2) is 0 Å². The molecule has 1 fully saturated rings. The van der Waals surface area contributed by atoms with E-state index in [0.29, 0.717) is 17.3 Å². The number of halogens is 1. The highest BCUT2D eigenvalue weighted by molar-refractivity contribution is 6.31. The van der Waals surface area contributed by atoms with E-state index >= 15 is 0 Å². The third-order valence-electron chi connectivity index (χ3n) is 3.03. The zero-order chi connectivity index (χ0) is 13.1. The fraction of sp³-hybridized carbons (Fsp3) is 0.417. The highest BCUT2D eigenvalue weighted by atomic mass is 35.5. The third kappa shape index (κ3) is 2.79. The van der Waals surface area contributed by atoms with Crippen molar-refractivity contribution < 1.29 is 9.53 Å². The van der Waals surface area contributed by atoms with Crippen molar-refractivity contribution in [2.24, 2.45) is 0 Å². The number of hydrogen-bond acceptors (Lipinski definition) is 4. The van der Waals surface area contributed by atoms with Crippen molar-refractivity contribution in [3.8, 4) is 0 Å². The number of alkyl carbamates (subject to hydrolysis) is 1. The number of nitrogens with one attached hydrogen (secondary N) is 1. The zero-order valence-electron chi connectivity index (χ0n) is 10.1. The Hall–Kier alpha value is -1.62. The molecule has 1 aromatic carbocycles. The molecular weight excluding hydrogens is 254 g/mol. The Balaban J connectivity index is 2.04. The molecule has 1 saturated heterocycles. The first-order valence-electron chi connectivity index (χ1n) is 5.74. The zero-order valence-corrected chi connectivity index (χ0v) is 10.9. The number of nitrogen functional groups attached to an aromatic ring is 1. The van der Waals surface area contributed by atoms with E-state index in [0.717, 1.165) is 18.7 Å². The molecule has 3 N–H and O–H groups in total. The van der Waals surface area contributed by atoms with Crippen molar-refractivity contribution in [1.82, 2.24) is 5.32 Å². The topological polar surface area (TPSA) is 67.6 Å². The number of anilines is 2. The Kier molecular flexibility index (Phi) is 3.81. The minimum atomic E-state index is -0.402. The second-order valence-corrected chi connectivity index (χ2v) is 4.71. The Morgan fingerprint density at radius 3 is 3.11 bits per heavy atom. The number of nitrogens with two attached hydrogens (primary N) is 1. The van der Waals surface area contributed by atoms with Crippen LogP contribution in [0.1, 0.15) is 6.42 Å². The van der Waals surface area contributed by atoms with Crippen molar-refractivity contribution in [1.29, 1.82) is 0 Å². The van der Waals surface area contributed by atoms with Crippen LogP contribution in [0.25, 0.3) is 0 Å². The number of rotatable bonds is 2. The van der Waals surface area contributed by atoms with E-state index in [4.69, 9.17) is 17.3 Å². The third-order valence-corrected chi connectivity index (χ3v) is 3.26. The molecule has 1 aromatic rings. The summed E-state index contributed by atoms with van der Waals surface area (Å²) >= 11 is 5.97. The van der Waals surface area contributed by atoms with Gasteiger partial charge in [-0.05, 0) is 24.6 Å². The van der Waals surface area contributed by atoms with Crippen molar-refractivity contribution in [3.63, 3.8) is 0 Å². The largest absolute Gasteiger partial charge is 0.453 e. The van der Waals surface area contributed by atoms with E-state index in [1.54, 1.807) is 12.1 Å². The molecular formula is C12H16ClN3O2. The lowest BCUT2D eigenvalue weighted by Crippen LogP contribution is -2.37. The molecule has 1 aliphatic rings. The highest BCUT2D eigenvalue weighted by Crippen LogP contribution is 2.29. The van der Waals surface area contributed by atoms with E-state index in [1.807, 2.05) is 6.07 Å². The molecule has 1 atom stereocenters. The van der Waals surface area contributed by atoms with Gasteiger partial charge in [-0.1, -0.05) is 11.6 Å². The lowest BCUT2D eigenvalue weighted by Gasteiger charge is -2.21. The summed E-state index contributed by atoms with van der Waals surface area (Å²) in [5, 5.41) is 3.44. The van der Waals surface area contributed by atoms with Gasteiger partial charge in [0.1, 0.15) is 0 Å². The van der Waals surface area contributed by atoms with Gasteiger partial charge in [-0.2, -0.15) is 0 Å². The number of nitrogens with zero attached hydrogens (tertiary/aromatic N) is 1. The SMILES string of the molecule is COC(=O)NC1CCN(c2cc(Cl)ccc2N)C1. The van der Waals surface area contributed by atoms with E-state index < -0.39 is 6.09 Å². The summed E-state index contributed by atoms with van der Waals surface area (Å²) in [6.07, 6.45) is 0.460. The molecule has 1 aliphatic heterocycles. The van der Waals surface area contributed by atoms with Gasteiger partial charge in [-0.3, -0.25) is 0 Å². The molecule has 98 valence electrons. The number of hydrogen-bond donors (Lipinski definition) is 2. The predicted molar refractivity (Wildman–Crippen MR) is 72.0 cm³/mol. The second kappa shape index (κ2) is 5.35. The maximum Gasteiger partial charge on any atom is 0.407 e. The molecule has 0 aromatic heterocycles. The maximum atomic E-state index is 11.1.